The van der Waals surface area contributed by atoms with Gasteiger partial charge in [0.25, 0.3) is 0 Å². The second-order valence-electron chi connectivity index (χ2n) is 5.01. The quantitative estimate of drug-likeness (QED) is 0.817. The fourth-order valence-corrected chi connectivity index (χ4v) is 2.53. The van der Waals surface area contributed by atoms with Crippen molar-refractivity contribution in [1.29, 1.82) is 0 Å². The zero-order valence-corrected chi connectivity index (χ0v) is 10.3. The Morgan fingerprint density at radius 3 is 2.75 bits per heavy atom. The van der Waals surface area contributed by atoms with E-state index in [1.165, 1.54) is 36.0 Å². The Morgan fingerprint density at radius 1 is 1.31 bits per heavy atom. The third-order valence-corrected chi connectivity index (χ3v) is 3.62. The minimum atomic E-state index is 0.353. The van der Waals surface area contributed by atoms with E-state index in [0.29, 0.717) is 12.1 Å². The van der Waals surface area contributed by atoms with E-state index >= 15 is 0 Å². The van der Waals surface area contributed by atoms with E-state index in [-0.39, 0.29) is 0 Å². The Labute approximate surface area is 98.2 Å². The summed E-state index contributed by atoms with van der Waals surface area (Å²) in [6.45, 7) is 5.26. The average molecular weight is 218 g/mol. The molecule has 1 aliphatic rings. The number of hydrogen-bond donors (Lipinski definition) is 2. The molecule has 0 spiro atoms. The first-order chi connectivity index (χ1) is 7.66. The molecule has 1 aromatic carbocycles. The van der Waals surface area contributed by atoms with Gasteiger partial charge in [0, 0.05) is 18.6 Å². The number of hydrogen-bond acceptors (Lipinski definition) is 2. The lowest BCUT2D eigenvalue weighted by Crippen LogP contribution is -2.40. The summed E-state index contributed by atoms with van der Waals surface area (Å²) >= 11 is 0. The van der Waals surface area contributed by atoms with Gasteiger partial charge in [-0.3, -0.25) is 0 Å². The molecular weight excluding hydrogens is 196 g/mol. The molecule has 0 aromatic heterocycles. The molecule has 0 bridgehead atoms. The van der Waals surface area contributed by atoms with Crippen LogP contribution in [0.5, 0.6) is 0 Å². The van der Waals surface area contributed by atoms with Crippen LogP contribution in [-0.4, -0.2) is 12.1 Å². The third-order valence-electron chi connectivity index (χ3n) is 3.62. The maximum Gasteiger partial charge on any atom is 0.0222 e. The van der Waals surface area contributed by atoms with E-state index in [1.807, 2.05) is 0 Å². The zero-order valence-electron chi connectivity index (χ0n) is 10.3. The van der Waals surface area contributed by atoms with Crippen molar-refractivity contribution in [1.82, 2.24) is 5.32 Å². The molecule has 2 atom stereocenters. The lowest BCUT2D eigenvalue weighted by Gasteiger charge is -2.18. The van der Waals surface area contributed by atoms with E-state index in [0.717, 1.165) is 6.54 Å². The largest absolute Gasteiger partial charge is 0.326 e. The summed E-state index contributed by atoms with van der Waals surface area (Å²) in [5, 5.41) is 3.58. The first kappa shape index (κ1) is 11.6. The molecule has 2 heteroatoms. The second kappa shape index (κ2) is 4.98. The Morgan fingerprint density at radius 2 is 2.12 bits per heavy atom. The number of nitrogens with two attached hydrogens (primary N) is 1. The Kier molecular flexibility index (Phi) is 3.62. The van der Waals surface area contributed by atoms with Crippen molar-refractivity contribution in [2.45, 2.75) is 51.7 Å². The normalized spacial score (nSPS) is 24.9. The molecule has 16 heavy (non-hydrogen) atoms. The van der Waals surface area contributed by atoms with E-state index in [9.17, 15) is 0 Å². The zero-order chi connectivity index (χ0) is 11.5. The van der Waals surface area contributed by atoms with Gasteiger partial charge < -0.3 is 11.1 Å². The lowest BCUT2D eigenvalue weighted by molar-refractivity contribution is 0.475. The molecule has 1 fully saturated rings. The highest BCUT2D eigenvalue weighted by Gasteiger charge is 2.22. The van der Waals surface area contributed by atoms with Crippen LogP contribution in [0.15, 0.2) is 18.2 Å². The van der Waals surface area contributed by atoms with Crippen molar-refractivity contribution >= 4 is 0 Å². The smallest absolute Gasteiger partial charge is 0.0222 e. The van der Waals surface area contributed by atoms with Gasteiger partial charge in [0.1, 0.15) is 0 Å². The van der Waals surface area contributed by atoms with Gasteiger partial charge in [-0.1, -0.05) is 30.2 Å². The molecule has 88 valence electrons. The standard InChI is InChI=1S/C14H22N2/c1-10-6-7-12(11(2)8-10)9-16-14-5-3-4-13(14)15/h6-8,13-14,16H,3-5,9,15H2,1-2H3. The minimum Gasteiger partial charge on any atom is -0.326 e. The van der Waals surface area contributed by atoms with E-state index < -0.39 is 0 Å². The van der Waals surface area contributed by atoms with Crippen LogP contribution in [0.1, 0.15) is 36.0 Å². The maximum absolute atomic E-state index is 6.04. The molecule has 0 amide bonds. The Balaban J connectivity index is 1.94. The topological polar surface area (TPSA) is 38.0 Å². The summed E-state index contributed by atoms with van der Waals surface area (Å²) in [7, 11) is 0. The van der Waals surface area contributed by atoms with E-state index in [2.05, 4.69) is 37.4 Å². The lowest BCUT2D eigenvalue weighted by atomic mass is 10.1. The molecule has 1 aromatic rings. The van der Waals surface area contributed by atoms with Gasteiger partial charge >= 0.3 is 0 Å². The highest BCUT2D eigenvalue weighted by atomic mass is 15.0. The summed E-state index contributed by atoms with van der Waals surface area (Å²) in [5.74, 6) is 0. The third kappa shape index (κ3) is 2.63. The van der Waals surface area contributed by atoms with Crippen LogP contribution in [0.3, 0.4) is 0 Å². The molecular formula is C14H22N2. The Bertz CT molecular complexity index is 360. The van der Waals surface area contributed by atoms with Crippen LogP contribution < -0.4 is 11.1 Å². The predicted octanol–water partition coefficient (Wildman–Crippen LogP) is 2.27. The molecule has 2 nitrogen and oxygen atoms in total. The van der Waals surface area contributed by atoms with Crippen molar-refractivity contribution < 1.29 is 0 Å². The summed E-state index contributed by atoms with van der Waals surface area (Å²) in [4.78, 5) is 0. The highest BCUT2D eigenvalue weighted by Crippen LogP contribution is 2.18. The molecule has 0 aliphatic heterocycles. The number of rotatable bonds is 3. The monoisotopic (exact) mass is 218 g/mol. The van der Waals surface area contributed by atoms with Crippen molar-refractivity contribution in [2.24, 2.45) is 5.73 Å². The maximum atomic E-state index is 6.04. The Hall–Kier alpha value is -0.860. The van der Waals surface area contributed by atoms with Crippen molar-refractivity contribution in [2.75, 3.05) is 0 Å². The van der Waals surface area contributed by atoms with Gasteiger partial charge in [-0.05, 0) is 37.8 Å². The van der Waals surface area contributed by atoms with Crippen molar-refractivity contribution in [3.05, 3.63) is 34.9 Å². The molecule has 1 saturated carbocycles. The number of benzene rings is 1. The first-order valence-electron chi connectivity index (χ1n) is 6.22. The van der Waals surface area contributed by atoms with Crippen LogP contribution in [0.2, 0.25) is 0 Å². The predicted molar refractivity (Wildman–Crippen MR) is 68.4 cm³/mol. The van der Waals surface area contributed by atoms with Crippen LogP contribution in [0.4, 0.5) is 0 Å². The van der Waals surface area contributed by atoms with Gasteiger partial charge in [0.05, 0.1) is 0 Å². The summed E-state index contributed by atoms with van der Waals surface area (Å²) in [6.07, 6.45) is 3.67. The SMILES string of the molecule is Cc1ccc(CNC2CCCC2N)c(C)c1. The van der Waals surface area contributed by atoms with Gasteiger partial charge in [-0.25, -0.2) is 0 Å². The van der Waals surface area contributed by atoms with E-state index in [1.54, 1.807) is 0 Å². The molecule has 0 heterocycles. The molecule has 0 saturated heterocycles. The molecule has 0 radical (unpaired) electrons. The second-order valence-corrected chi connectivity index (χ2v) is 5.01. The first-order valence-corrected chi connectivity index (χ1v) is 6.22. The number of aryl methyl sites for hydroxylation is 2. The fraction of sp³-hybridized carbons (Fsp3) is 0.571. The van der Waals surface area contributed by atoms with Crippen LogP contribution >= 0.6 is 0 Å². The molecule has 3 N–H and O–H groups in total. The van der Waals surface area contributed by atoms with Gasteiger partial charge in [-0.15, -0.1) is 0 Å². The molecule has 2 unspecified atom stereocenters. The van der Waals surface area contributed by atoms with Gasteiger partial charge in [0.2, 0.25) is 0 Å². The fourth-order valence-electron chi connectivity index (χ4n) is 2.53. The van der Waals surface area contributed by atoms with Crippen molar-refractivity contribution in [3.63, 3.8) is 0 Å². The van der Waals surface area contributed by atoms with Gasteiger partial charge in [-0.2, -0.15) is 0 Å². The summed E-state index contributed by atoms with van der Waals surface area (Å²) < 4.78 is 0. The van der Waals surface area contributed by atoms with Crippen LogP contribution in [0.25, 0.3) is 0 Å². The summed E-state index contributed by atoms with van der Waals surface area (Å²) in [6, 6.07) is 7.51. The highest BCUT2D eigenvalue weighted by molar-refractivity contribution is 5.30. The average Bonchev–Trinajstić information content (AvgIpc) is 2.63. The van der Waals surface area contributed by atoms with E-state index in [4.69, 9.17) is 5.73 Å². The van der Waals surface area contributed by atoms with Crippen LogP contribution in [-0.2, 0) is 6.54 Å². The molecule has 1 aliphatic carbocycles. The van der Waals surface area contributed by atoms with Crippen molar-refractivity contribution in [3.8, 4) is 0 Å². The number of nitrogens with one attached hydrogen (secondary N) is 1. The minimum absolute atomic E-state index is 0.353. The van der Waals surface area contributed by atoms with Gasteiger partial charge in [0.15, 0.2) is 0 Å². The van der Waals surface area contributed by atoms with Crippen LogP contribution in [0, 0.1) is 13.8 Å². The summed E-state index contributed by atoms with van der Waals surface area (Å²) in [5.41, 5.74) is 10.1. The molecule has 2 rings (SSSR count).